The van der Waals surface area contributed by atoms with Crippen molar-refractivity contribution in [1.82, 2.24) is 4.98 Å². The van der Waals surface area contributed by atoms with E-state index in [4.69, 9.17) is 5.11 Å². The molecule has 0 aromatic carbocycles. The van der Waals surface area contributed by atoms with Gasteiger partial charge in [-0.3, -0.25) is 0 Å². The van der Waals surface area contributed by atoms with E-state index in [0.717, 1.165) is 37.3 Å². The van der Waals surface area contributed by atoms with Gasteiger partial charge in [0.25, 0.3) is 0 Å². The van der Waals surface area contributed by atoms with E-state index in [9.17, 15) is 5.11 Å². The van der Waals surface area contributed by atoms with E-state index < -0.39 is 0 Å². The van der Waals surface area contributed by atoms with Crippen molar-refractivity contribution in [3.63, 3.8) is 0 Å². The summed E-state index contributed by atoms with van der Waals surface area (Å²) in [6.07, 6.45) is 3.72. The zero-order valence-electron chi connectivity index (χ0n) is 9.34. The Kier molecular flexibility index (Phi) is 3.74. The van der Waals surface area contributed by atoms with Crippen molar-refractivity contribution in [3.8, 4) is 0 Å². The predicted molar refractivity (Wildman–Crippen MR) is 62.2 cm³/mol. The highest BCUT2D eigenvalue weighted by Gasteiger charge is 2.24. The highest BCUT2D eigenvalue weighted by Crippen LogP contribution is 2.26. The van der Waals surface area contributed by atoms with E-state index in [1.807, 2.05) is 12.1 Å². The van der Waals surface area contributed by atoms with E-state index in [0.29, 0.717) is 5.92 Å². The highest BCUT2D eigenvalue weighted by atomic mass is 16.3. The van der Waals surface area contributed by atoms with Crippen molar-refractivity contribution in [2.45, 2.75) is 19.4 Å². The molecule has 88 valence electrons. The van der Waals surface area contributed by atoms with Gasteiger partial charge < -0.3 is 15.1 Å². The minimum Gasteiger partial charge on any atom is -0.396 e. The van der Waals surface area contributed by atoms with Crippen LogP contribution in [-0.2, 0) is 6.61 Å². The van der Waals surface area contributed by atoms with E-state index >= 15 is 0 Å². The fraction of sp³-hybridized carbons (Fsp3) is 0.583. The van der Waals surface area contributed by atoms with Gasteiger partial charge in [0.1, 0.15) is 5.82 Å². The summed E-state index contributed by atoms with van der Waals surface area (Å²) < 4.78 is 0. The quantitative estimate of drug-likeness (QED) is 0.790. The molecule has 1 aromatic heterocycles. The average molecular weight is 222 g/mol. The fourth-order valence-corrected chi connectivity index (χ4v) is 2.28. The third kappa shape index (κ3) is 2.33. The summed E-state index contributed by atoms with van der Waals surface area (Å²) in [5.41, 5.74) is 0.882. The number of aliphatic hydroxyl groups excluding tert-OH is 2. The Morgan fingerprint density at radius 2 is 2.31 bits per heavy atom. The Labute approximate surface area is 95.5 Å². The number of anilines is 1. The lowest BCUT2D eigenvalue weighted by molar-refractivity contribution is 0.263. The molecule has 1 atom stereocenters. The Morgan fingerprint density at radius 3 is 3.06 bits per heavy atom. The van der Waals surface area contributed by atoms with Gasteiger partial charge in [0, 0.05) is 31.5 Å². The largest absolute Gasteiger partial charge is 0.396 e. The van der Waals surface area contributed by atoms with Crippen LogP contribution in [0.25, 0.3) is 0 Å². The molecule has 1 fully saturated rings. The van der Waals surface area contributed by atoms with Gasteiger partial charge in [-0.05, 0) is 24.8 Å². The van der Waals surface area contributed by atoms with Crippen molar-refractivity contribution in [2.75, 3.05) is 24.6 Å². The first kappa shape index (κ1) is 11.4. The zero-order chi connectivity index (χ0) is 11.4. The summed E-state index contributed by atoms with van der Waals surface area (Å²) >= 11 is 0. The molecular formula is C12H18N2O2. The maximum atomic E-state index is 9.24. The molecule has 0 spiro atoms. The van der Waals surface area contributed by atoms with E-state index in [1.165, 1.54) is 0 Å². The first-order valence-electron chi connectivity index (χ1n) is 5.75. The summed E-state index contributed by atoms with van der Waals surface area (Å²) in [4.78, 5) is 6.53. The summed E-state index contributed by atoms with van der Waals surface area (Å²) in [5, 5.41) is 18.2. The van der Waals surface area contributed by atoms with Crippen LogP contribution in [0.4, 0.5) is 5.82 Å². The lowest BCUT2D eigenvalue weighted by atomic mass is 10.1. The monoisotopic (exact) mass is 222 g/mol. The van der Waals surface area contributed by atoms with Crippen LogP contribution in [0.5, 0.6) is 0 Å². The van der Waals surface area contributed by atoms with Crippen LogP contribution in [0, 0.1) is 5.92 Å². The van der Waals surface area contributed by atoms with Crippen molar-refractivity contribution < 1.29 is 10.2 Å². The molecule has 1 aliphatic rings. The Bertz CT molecular complexity index is 344. The molecule has 2 heterocycles. The zero-order valence-corrected chi connectivity index (χ0v) is 9.34. The first-order chi connectivity index (χ1) is 7.85. The minimum atomic E-state index is 0.0321. The summed E-state index contributed by atoms with van der Waals surface area (Å²) in [6.45, 7) is 2.19. The molecule has 0 saturated carbocycles. The van der Waals surface area contributed by atoms with Gasteiger partial charge in [0.15, 0.2) is 0 Å². The third-order valence-corrected chi connectivity index (χ3v) is 3.16. The van der Waals surface area contributed by atoms with Crippen molar-refractivity contribution >= 4 is 5.82 Å². The number of pyridine rings is 1. The molecule has 4 nitrogen and oxygen atoms in total. The molecule has 2 N–H and O–H groups in total. The Hall–Kier alpha value is -1.13. The van der Waals surface area contributed by atoms with Gasteiger partial charge in [-0.25, -0.2) is 4.98 Å². The lowest BCUT2D eigenvalue weighted by Gasteiger charge is -2.19. The summed E-state index contributed by atoms with van der Waals surface area (Å²) in [6, 6.07) is 3.75. The average Bonchev–Trinajstić information content (AvgIpc) is 2.78. The minimum absolute atomic E-state index is 0.0321. The van der Waals surface area contributed by atoms with Crippen molar-refractivity contribution in [1.29, 1.82) is 0 Å². The molecule has 0 amide bonds. The molecule has 1 aromatic rings. The molecule has 0 radical (unpaired) electrons. The first-order valence-corrected chi connectivity index (χ1v) is 5.75. The number of hydrogen-bond acceptors (Lipinski definition) is 4. The SMILES string of the molecule is OCCC1CCN(c2ncccc2CO)C1. The standard InChI is InChI=1S/C12H18N2O2/c15-7-4-10-3-6-14(8-10)12-11(9-16)2-1-5-13-12/h1-2,5,10,15-16H,3-4,6-9H2. The number of aliphatic hydroxyl groups is 2. The fourth-order valence-electron chi connectivity index (χ4n) is 2.28. The van der Waals surface area contributed by atoms with Gasteiger partial charge in [0.2, 0.25) is 0 Å². The van der Waals surface area contributed by atoms with Crippen molar-refractivity contribution in [2.24, 2.45) is 5.92 Å². The van der Waals surface area contributed by atoms with Crippen LogP contribution < -0.4 is 4.90 Å². The van der Waals surface area contributed by atoms with Gasteiger partial charge >= 0.3 is 0 Å². The lowest BCUT2D eigenvalue weighted by Crippen LogP contribution is -2.22. The Morgan fingerprint density at radius 1 is 1.44 bits per heavy atom. The van der Waals surface area contributed by atoms with Gasteiger partial charge in [-0.2, -0.15) is 0 Å². The van der Waals surface area contributed by atoms with E-state index in [2.05, 4.69) is 9.88 Å². The second kappa shape index (κ2) is 5.27. The van der Waals surface area contributed by atoms with Crippen LogP contribution in [0.2, 0.25) is 0 Å². The van der Waals surface area contributed by atoms with Crippen molar-refractivity contribution in [3.05, 3.63) is 23.9 Å². The van der Waals surface area contributed by atoms with Gasteiger partial charge in [-0.15, -0.1) is 0 Å². The summed E-state index contributed by atoms with van der Waals surface area (Å²) in [7, 11) is 0. The topological polar surface area (TPSA) is 56.6 Å². The normalized spacial score (nSPS) is 20.4. The van der Waals surface area contributed by atoms with E-state index in [-0.39, 0.29) is 13.2 Å². The molecule has 0 bridgehead atoms. The molecule has 1 unspecified atom stereocenters. The molecule has 16 heavy (non-hydrogen) atoms. The number of hydrogen-bond donors (Lipinski definition) is 2. The van der Waals surface area contributed by atoms with Crippen LogP contribution in [0.15, 0.2) is 18.3 Å². The van der Waals surface area contributed by atoms with Gasteiger partial charge in [-0.1, -0.05) is 6.07 Å². The second-order valence-electron chi connectivity index (χ2n) is 4.26. The molecule has 2 rings (SSSR count). The second-order valence-corrected chi connectivity index (χ2v) is 4.26. The number of aromatic nitrogens is 1. The number of nitrogens with zero attached hydrogens (tertiary/aromatic N) is 2. The van der Waals surface area contributed by atoms with E-state index in [1.54, 1.807) is 6.20 Å². The smallest absolute Gasteiger partial charge is 0.134 e. The molecular weight excluding hydrogens is 204 g/mol. The predicted octanol–water partition coefficient (Wildman–Crippen LogP) is 0.783. The van der Waals surface area contributed by atoms with Crippen LogP contribution >= 0.6 is 0 Å². The highest BCUT2D eigenvalue weighted by molar-refractivity contribution is 5.47. The van der Waals surface area contributed by atoms with Crippen LogP contribution in [0.1, 0.15) is 18.4 Å². The molecule has 1 saturated heterocycles. The van der Waals surface area contributed by atoms with Crippen LogP contribution in [0.3, 0.4) is 0 Å². The van der Waals surface area contributed by atoms with Crippen LogP contribution in [-0.4, -0.2) is 34.9 Å². The van der Waals surface area contributed by atoms with Gasteiger partial charge in [0.05, 0.1) is 6.61 Å². The summed E-state index contributed by atoms with van der Waals surface area (Å²) in [5.74, 6) is 1.45. The molecule has 0 aliphatic carbocycles. The number of rotatable bonds is 4. The maximum Gasteiger partial charge on any atom is 0.134 e. The Balaban J connectivity index is 2.08. The molecule has 4 heteroatoms. The third-order valence-electron chi connectivity index (χ3n) is 3.16. The maximum absolute atomic E-state index is 9.24. The molecule has 1 aliphatic heterocycles.